The summed E-state index contributed by atoms with van der Waals surface area (Å²) in [5, 5.41) is 13.6. The van der Waals surface area contributed by atoms with E-state index < -0.39 is 11.1 Å². The minimum atomic E-state index is -0.620. The van der Waals surface area contributed by atoms with Crippen molar-refractivity contribution in [2.75, 3.05) is 4.90 Å². The van der Waals surface area contributed by atoms with Crippen molar-refractivity contribution in [2.45, 2.75) is 6.17 Å². The van der Waals surface area contributed by atoms with Gasteiger partial charge in [0, 0.05) is 17.7 Å². The van der Waals surface area contributed by atoms with Crippen molar-refractivity contribution >= 4 is 23.2 Å². The van der Waals surface area contributed by atoms with Crippen molar-refractivity contribution in [1.29, 1.82) is 0 Å². The van der Waals surface area contributed by atoms with Crippen LogP contribution in [0, 0.1) is 10.1 Å². The summed E-state index contributed by atoms with van der Waals surface area (Å²) in [5.74, 6) is -0.619. The zero-order valence-corrected chi connectivity index (χ0v) is 11.1. The minimum Gasteiger partial charge on any atom is -0.327 e. The molecule has 7 heteroatoms. The second kappa shape index (κ2) is 4.14. The van der Waals surface area contributed by atoms with E-state index in [1.807, 2.05) is 0 Å². The van der Waals surface area contributed by atoms with E-state index in [0.717, 1.165) is 0 Å². The third kappa shape index (κ3) is 1.50. The van der Waals surface area contributed by atoms with Crippen LogP contribution in [0.3, 0.4) is 0 Å². The lowest BCUT2D eigenvalue weighted by atomic mass is 10.1. The molecule has 1 N–H and O–H groups in total. The summed E-state index contributed by atoms with van der Waals surface area (Å²) in [6, 6.07) is 10.9. The molecule has 0 aromatic heterocycles. The van der Waals surface area contributed by atoms with Crippen LogP contribution in [0.5, 0.6) is 0 Å². The number of rotatable bonds is 1. The van der Waals surface area contributed by atoms with Crippen LogP contribution in [0.25, 0.3) is 0 Å². The van der Waals surface area contributed by atoms with E-state index in [2.05, 4.69) is 5.32 Å². The number of nitrogens with zero attached hydrogens (tertiary/aromatic N) is 2. The summed E-state index contributed by atoms with van der Waals surface area (Å²) >= 11 is 0. The zero-order chi connectivity index (χ0) is 15.4. The molecule has 2 aliphatic heterocycles. The smallest absolute Gasteiger partial charge is 0.270 e. The van der Waals surface area contributed by atoms with Crippen molar-refractivity contribution < 1.29 is 14.5 Å². The summed E-state index contributed by atoms with van der Waals surface area (Å²) in [7, 11) is 0. The van der Waals surface area contributed by atoms with Crippen molar-refractivity contribution in [2.24, 2.45) is 0 Å². The first-order valence-electron chi connectivity index (χ1n) is 6.60. The fourth-order valence-corrected chi connectivity index (χ4v) is 2.94. The highest BCUT2D eigenvalue weighted by Crippen LogP contribution is 2.41. The molecule has 0 saturated heterocycles. The predicted octanol–water partition coefficient (Wildman–Crippen LogP) is 2.00. The lowest BCUT2D eigenvalue weighted by Gasteiger charge is -2.32. The molecule has 7 nitrogen and oxygen atoms in total. The Balaban J connectivity index is 1.91. The monoisotopic (exact) mass is 295 g/mol. The number of nitro benzene ring substituents is 1. The molecule has 0 fully saturated rings. The van der Waals surface area contributed by atoms with E-state index in [-0.39, 0.29) is 23.1 Å². The Bertz CT molecular complexity index is 862. The quantitative estimate of drug-likeness (QED) is 0.643. The van der Waals surface area contributed by atoms with Gasteiger partial charge in [0.05, 0.1) is 21.7 Å². The summed E-state index contributed by atoms with van der Waals surface area (Å²) in [6.07, 6.45) is -0.620. The van der Waals surface area contributed by atoms with Gasteiger partial charge in [0.25, 0.3) is 17.5 Å². The Morgan fingerprint density at radius 2 is 1.86 bits per heavy atom. The van der Waals surface area contributed by atoms with Crippen molar-refractivity contribution in [3.63, 3.8) is 0 Å². The SMILES string of the molecule is O=C1N[C@H]2c3ccc([N+](=O)[O-])cc3C(=O)N2c2ccccc21. The summed E-state index contributed by atoms with van der Waals surface area (Å²) in [5.41, 5.74) is 1.59. The maximum Gasteiger partial charge on any atom is 0.270 e. The van der Waals surface area contributed by atoms with E-state index >= 15 is 0 Å². The molecule has 108 valence electrons. The largest absolute Gasteiger partial charge is 0.327 e. The highest BCUT2D eigenvalue weighted by molar-refractivity contribution is 6.16. The summed E-state index contributed by atoms with van der Waals surface area (Å²) < 4.78 is 0. The van der Waals surface area contributed by atoms with Gasteiger partial charge in [-0.25, -0.2) is 0 Å². The maximum atomic E-state index is 12.6. The van der Waals surface area contributed by atoms with E-state index in [0.29, 0.717) is 16.8 Å². The zero-order valence-electron chi connectivity index (χ0n) is 11.1. The summed E-state index contributed by atoms with van der Waals surface area (Å²) in [4.78, 5) is 36.6. The van der Waals surface area contributed by atoms with Crippen LogP contribution in [0.15, 0.2) is 42.5 Å². The minimum absolute atomic E-state index is 0.147. The van der Waals surface area contributed by atoms with E-state index in [4.69, 9.17) is 0 Å². The third-order valence-corrected chi connectivity index (χ3v) is 3.93. The molecule has 4 rings (SSSR count). The average Bonchev–Trinajstić information content (AvgIpc) is 2.80. The standard InChI is InChI=1S/C15H9N3O4/c19-14-10-3-1-2-4-12(10)17-13(16-14)9-6-5-8(18(21)22)7-11(9)15(17)20/h1-7,13H,(H,16,19)/t13-/m1/s1. The van der Waals surface area contributed by atoms with Gasteiger partial charge in [0.2, 0.25) is 0 Å². The van der Waals surface area contributed by atoms with Crippen LogP contribution in [0.1, 0.15) is 32.4 Å². The molecule has 0 bridgehead atoms. The number of para-hydroxylation sites is 1. The fraction of sp³-hybridized carbons (Fsp3) is 0.0667. The Labute approximate surface area is 124 Å². The van der Waals surface area contributed by atoms with Gasteiger partial charge >= 0.3 is 0 Å². The molecule has 2 aliphatic rings. The number of nitrogens with one attached hydrogen (secondary N) is 1. The number of hydrogen-bond acceptors (Lipinski definition) is 4. The Morgan fingerprint density at radius 3 is 2.64 bits per heavy atom. The number of carbonyl (C=O) groups is 2. The number of non-ortho nitro benzene ring substituents is 1. The molecule has 0 unspecified atom stereocenters. The van der Waals surface area contributed by atoms with Gasteiger partial charge in [-0.1, -0.05) is 12.1 Å². The number of fused-ring (bicyclic) bond motifs is 5. The summed E-state index contributed by atoms with van der Waals surface area (Å²) in [6.45, 7) is 0. The van der Waals surface area contributed by atoms with Crippen LogP contribution >= 0.6 is 0 Å². The molecular weight excluding hydrogens is 286 g/mol. The van der Waals surface area contributed by atoms with Crippen LogP contribution in [-0.4, -0.2) is 16.7 Å². The molecule has 22 heavy (non-hydrogen) atoms. The van der Waals surface area contributed by atoms with Gasteiger partial charge < -0.3 is 5.32 Å². The van der Waals surface area contributed by atoms with Gasteiger partial charge in [-0.3, -0.25) is 24.6 Å². The number of benzene rings is 2. The highest BCUT2D eigenvalue weighted by Gasteiger charge is 2.43. The number of anilines is 1. The first kappa shape index (κ1) is 12.5. The van der Waals surface area contributed by atoms with Gasteiger partial charge in [-0.15, -0.1) is 0 Å². The molecule has 0 saturated carbocycles. The number of hydrogen-bond donors (Lipinski definition) is 1. The first-order chi connectivity index (χ1) is 10.6. The van der Waals surface area contributed by atoms with Gasteiger partial charge in [-0.05, 0) is 18.2 Å². The van der Waals surface area contributed by atoms with Crippen molar-refractivity contribution in [3.8, 4) is 0 Å². The van der Waals surface area contributed by atoms with Crippen LogP contribution in [0.4, 0.5) is 11.4 Å². The van der Waals surface area contributed by atoms with Crippen LogP contribution in [0.2, 0.25) is 0 Å². The molecule has 2 aromatic carbocycles. The first-order valence-corrected chi connectivity index (χ1v) is 6.60. The van der Waals surface area contributed by atoms with Crippen LogP contribution < -0.4 is 10.2 Å². The molecule has 0 spiro atoms. The predicted molar refractivity (Wildman–Crippen MR) is 76.6 cm³/mol. The Morgan fingerprint density at radius 1 is 1.09 bits per heavy atom. The van der Waals surface area contributed by atoms with Crippen LogP contribution in [-0.2, 0) is 0 Å². The Kier molecular flexibility index (Phi) is 2.35. The Hall–Kier alpha value is -3.22. The van der Waals surface area contributed by atoms with E-state index in [1.54, 1.807) is 24.3 Å². The average molecular weight is 295 g/mol. The number of carbonyl (C=O) groups excluding carboxylic acids is 2. The molecule has 2 heterocycles. The third-order valence-electron chi connectivity index (χ3n) is 3.93. The van der Waals surface area contributed by atoms with Crippen molar-refractivity contribution in [3.05, 3.63) is 69.3 Å². The number of nitro groups is 1. The maximum absolute atomic E-state index is 12.6. The normalized spacial score (nSPS) is 18.4. The lowest BCUT2D eigenvalue weighted by Crippen LogP contribution is -2.45. The topological polar surface area (TPSA) is 92.5 Å². The molecule has 2 aromatic rings. The van der Waals surface area contributed by atoms with Crippen molar-refractivity contribution in [1.82, 2.24) is 5.32 Å². The highest BCUT2D eigenvalue weighted by atomic mass is 16.6. The molecule has 1 atom stereocenters. The van der Waals surface area contributed by atoms with Gasteiger partial charge in [-0.2, -0.15) is 0 Å². The lowest BCUT2D eigenvalue weighted by molar-refractivity contribution is -0.384. The van der Waals surface area contributed by atoms with Gasteiger partial charge in [0.15, 0.2) is 0 Å². The molecular formula is C15H9N3O4. The fourth-order valence-electron chi connectivity index (χ4n) is 2.94. The molecule has 0 aliphatic carbocycles. The second-order valence-electron chi connectivity index (χ2n) is 5.10. The van der Waals surface area contributed by atoms with E-state index in [1.165, 1.54) is 23.1 Å². The number of amides is 2. The van der Waals surface area contributed by atoms with Gasteiger partial charge in [0.1, 0.15) is 6.17 Å². The van der Waals surface area contributed by atoms with E-state index in [9.17, 15) is 19.7 Å². The molecule has 2 amide bonds. The molecule has 0 radical (unpaired) electrons. The second-order valence-corrected chi connectivity index (χ2v) is 5.10.